The highest BCUT2D eigenvalue weighted by atomic mass is 16.5. The standard InChI is InChI=1S/C14H28N2O3/c1-14(18,7-8-19-2)10-16-13(17)12-5-3-11(9-15)4-6-12/h11-12,18H,3-10,15H2,1-2H3,(H,16,17). The van der Waals surface area contributed by atoms with Gasteiger partial charge in [0.2, 0.25) is 5.91 Å². The Morgan fingerprint density at radius 3 is 2.58 bits per heavy atom. The predicted octanol–water partition coefficient (Wildman–Crippen LogP) is 0.655. The molecule has 0 aliphatic heterocycles. The van der Waals surface area contributed by atoms with E-state index in [0.29, 0.717) is 18.9 Å². The summed E-state index contributed by atoms with van der Waals surface area (Å²) >= 11 is 0. The molecule has 1 saturated carbocycles. The number of aliphatic hydroxyl groups is 1. The summed E-state index contributed by atoms with van der Waals surface area (Å²) in [6.45, 7) is 3.22. The van der Waals surface area contributed by atoms with Crippen LogP contribution in [0.3, 0.4) is 0 Å². The number of nitrogens with one attached hydrogen (secondary N) is 1. The zero-order valence-electron chi connectivity index (χ0n) is 12.2. The van der Waals surface area contributed by atoms with Gasteiger partial charge in [0.05, 0.1) is 5.60 Å². The smallest absolute Gasteiger partial charge is 0.223 e. The Morgan fingerprint density at radius 2 is 2.05 bits per heavy atom. The lowest BCUT2D eigenvalue weighted by atomic mass is 9.81. The van der Waals surface area contributed by atoms with Crippen molar-refractivity contribution in [3.8, 4) is 0 Å². The van der Waals surface area contributed by atoms with Crippen LogP contribution in [0.4, 0.5) is 0 Å². The molecule has 0 spiro atoms. The van der Waals surface area contributed by atoms with Crippen LogP contribution in [0.25, 0.3) is 0 Å². The van der Waals surface area contributed by atoms with Gasteiger partial charge in [0.25, 0.3) is 0 Å². The molecule has 1 unspecified atom stereocenters. The van der Waals surface area contributed by atoms with Crippen molar-refractivity contribution in [3.63, 3.8) is 0 Å². The molecule has 5 nitrogen and oxygen atoms in total. The van der Waals surface area contributed by atoms with Gasteiger partial charge in [0, 0.05) is 32.6 Å². The van der Waals surface area contributed by atoms with E-state index in [-0.39, 0.29) is 18.4 Å². The van der Waals surface area contributed by atoms with E-state index in [2.05, 4.69) is 5.32 Å². The molecule has 1 rings (SSSR count). The van der Waals surface area contributed by atoms with Gasteiger partial charge in [0.1, 0.15) is 0 Å². The van der Waals surface area contributed by atoms with Crippen molar-refractivity contribution in [3.05, 3.63) is 0 Å². The first-order valence-corrected chi connectivity index (χ1v) is 7.17. The average Bonchev–Trinajstić information content (AvgIpc) is 2.43. The number of rotatable bonds is 7. The van der Waals surface area contributed by atoms with E-state index in [1.165, 1.54) is 0 Å². The summed E-state index contributed by atoms with van der Waals surface area (Å²) in [6, 6.07) is 0. The molecule has 5 heteroatoms. The molecule has 0 bridgehead atoms. The van der Waals surface area contributed by atoms with E-state index in [1.54, 1.807) is 14.0 Å². The van der Waals surface area contributed by atoms with Crippen LogP contribution in [0.2, 0.25) is 0 Å². The molecule has 1 atom stereocenters. The van der Waals surface area contributed by atoms with Crippen LogP contribution in [0, 0.1) is 11.8 Å². The summed E-state index contributed by atoms with van der Waals surface area (Å²) in [7, 11) is 1.60. The molecular formula is C14H28N2O3. The molecule has 1 amide bonds. The molecule has 112 valence electrons. The molecule has 1 aliphatic rings. The Kier molecular flexibility index (Phi) is 6.75. The first-order valence-electron chi connectivity index (χ1n) is 7.17. The Bertz CT molecular complexity index is 274. The summed E-state index contributed by atoms with van der Waals surface area (Å²) in [4.78, 5) is 12.0. The Labute approximate surface area is 115 Å². The van der Waals surface area contributed by atoms with Crippen molar-refractivity contribution < 1.29 is 14.6 Å². The summed E-state index contributed by atoms with van der Waals surface area (Å²) in [5.74, 6) is 0.725. The molecule has 0 aromatic rings. The molecule has 1 aliphatic carbocycles. The number of methoxy groups -OCH3 is 1. The maximum absolute atomic E-state index is 12.0. The van der Waals surface area contributed by atoms with Crippen LogP contribution < -0.4 is 11.1 Å². The van der Waals surface area contributed by atoms with E-state index in [1.807, 2.05) is 0 Å². The minimum atomic E-state index is -0.903. The van der Waals surface area contributed by atoms with Crippen molar-refractivity contribution in [2.45, 2.75) is 44.6 Å². The number of carbonyl (C=O) groups excluding carboxylic acids is 1. The van der Waals surface area contributed by atoms with Gasteiger partial charge in [-0.2, -0.15) is 0 Å². The molecule has 4 N–H and O–H groups in total. The van der Waals surface area contributed by atoms with Crippen LogP contribution in [0.15, 0.2) is 0 Å². The Hall–Kier alpha value is -0.650. The number of carbonyl (C=O) groups is 1. The minimum Gasteiger partial charge on any atom is -0.388 e. The highest BCUT2D eigenvalue weighted by Crippen LogP contribution is 2.28. The number of hydrogen-bond acceptors (Lipinski definition) is 4. The monoisotopic (exact) mass is 272 g/mol. The van der Waals surface area contributed by atoms with Gasteiger partial charge in [-0.1, -0.05) is 0 Å². The lowest BCUT2D eigenvalue weighted by Gasteiger charge is -2.29. The fourth-order valence-electron chi connectivity index (χ4n) is 2.49. The molecule has 0 radical (unpaired) electrons. The van der Waals surface area contributed by atoms with E-state index in [4.69, 9.17) is 10.5 Å². The van der Waals surface area contributed by atoms with Gasteiger partial charge < -0.3 is 20.9 Å². The minimum absolute atomic E-state index is 0.0631. The average molecular weight is 272 g/mol. The van der Waals surface area contributed by atoms with Crippen molar-refractivity contribution in [2.75, 3.05) is 26.8 Å². The second-order valence-corrected chi connectivity index (χ2v) is 5.91. The number of amides is 1. The lowest BCUT2D eigenvalue weighted by Crippen LogP contribution is -2.44. The first kappa shape index (κ1) is 16.4. The summed E-state index contributed by atoms with van der Waals surface area (Å²) in [5.41, 5.74) is 4.74. The third-order valence-corrected chi connectivity index (χ3v) is 4.04. The third kappa shape index (κ3) is 5.89. The first-order chi connectivity index (χ1) is 8.98. The van der Waals surface area contributed by atoms with Crippen LogP contribution in [0.1, 0.15) is 39.0 Å². The molecule has 0 aromatic heterocycles. The van der Waals surface area contributed by atoms with Gasteiger partial charge >= 0.3 is 0 Å². The van der Waals surface area contributed by atoms with Crippen LogP contribution >= 0.6 is 0 Å². The number of nitrogens with two attached hydrogens (primary N) is 1. The highest BCUT2D eigenvalue weighted by molar-refractivity contribution is 5.78. The SMILES string of the molecule is COCCC(C)(O)CNC(=O)C1CCC(CN)CC1. The molecule has 0 saturated heterocycles. The van der Waals surface area contributed by atoms with E-state index in [9.17, 15) is 9.90 Å². The Morgan fingerprint density at radius 1 is 1.42 bits per heavy atom. The normalized spacial score (nSPS) is 26.7. The summed E-state index contributed by atoms with van der Waals surface area (Å²) < 4.78 is 4.94. The van der Waals surface area contributed by atoms with Gasteiger partial charge in [-0.05, 0) is 45.1 Å². The largest absolute Gasteiger partial charge is 0.388 e. The maximum atomic E-state index is 12.0. The van der Waals surface area contributed by atoms with E-state index in [0.717, 1.165) is 32.2 Å². The summed E-state index contributed by atoms with van der Waals surface area (Å²) in [5, 5.41) is 12.9. The fourth-order valence-corrected chi connectivity index (χ4v) is 2.49. The molecule has 0 aromatic carbocycles. The number of hydrogen-bond donors (Lipinski definition) is 3. The van der Waals surface area contributed by atoms with Crippen molar-refractivity contribution in [1.29, 1.82) is 0 Å². The molecule has 0 heterocycles. The molecule has 1 fully saturated rings. The van der Waals surface area contributed by atoms with Gasteiger partial charge in [0.15, 0.2) is 0 Å². The predicted molar refractivity (Wildman–Crippen MR) is 74.6 cm³/mol. The quantitative estimate of drug-likeness (QED) is 0.635. The number of ether oxygens (including phenoxy) is 1. The zero-order chi connectivity index (χ0) is 14.3. The molecular weight excluding hydrogens is 244 g/mol. The van der Waals surface area contributed by atoms with Crippen molar-refractivity contribution >= 4 is 5.91 Å². The lowest BCUT2D eigenvalue weighted by molar-refractivity contribution is -0.127. The summed E-state index contributed by atoms with van der Waals surface area (Å²) in [6.07, 6.45) is 4.41. The maximum Gasteiger partial charge on any atom is 0.223 e. The van der Waals surface area contributed by atoms with Crippen molar-refractivity contribution in [1.82, 2.24) is 5.32 Å². The zero-order valence-corrected chi connectivity index (χ0v) is 12.2. The fraction of sp³-hybridized carbons (Fsp3) is 0.929. The van der Waals surface area contributed by atoms with Crippen LogP contribution in [-0.4, -0.2) is 43.4 Å². The topological polar surface area (TPSA) is 84.6 Å². The van der Waals surface area contributed by atoms with Crippen molar-refractivity contribution in [2.24, 2.45) is 17.6 Å². The Balaban J connectivity index is 2.27. The third-order valence-electron chi connectivity index (χ3n) is 4.04. The highest BCUT2D eigenvalue weighted by Gasteiger charge is 2.27. The van der Waals surface area contributed by atoms with Gasteiger partial charge in [-0.25, -0.2) is 0 Å². The van der Waals surface area contributed by atoms with Crippen LogP contribution in [0.5, 0.6) is 0 Å². The second-order valence-electron chi connectivity index (χ2n) is 5.91. The van der Waals surface area contributed by atoms with Gasteiger partial charge in [-0.15, -0.1) is 0 Å². The van der Waals surface area contributed by atoms with Gasteiger partial charge in [-0.3, -0.25) is 4.79 Å². The van der Waals surface area contributed by atoms with E-state index < -0.39 is 5.60 Å². The van der Waals surface area contributed by atoms with Crippen LogP contribution in [-0.2, 0) is 9.53 Å². The molecule has 19 heavy (non-hydrogen) atoms. The second kappa shape index (κ2) is 7.82. The van der Waals surface area contributed by atoms with E-state index >= 15 is 0 Å².